The molecule has 0 unspecified atom stereocenters. The molecule has 154 valence electrons. The fraction of sp³-hybridized carbons (Fsp3) is 0.176. The van der Waals surface area contributed by atoms with E-state index in [1.54, 1.807) is 11.3 Å². The monoisotopic (exact) mass is 463 g/mol. The quantitative estimate of drug-likeness (QED) is 0.245. The first-order valence-electron chi connectivity index (χ1n) is 8.50. The number of ether oxygens (including phenoxy) is 1. The Kier molecular flexibility index (Phi) is 5.92. The van der Waals surface area contributed by atoms with Crippen molar-refractivity contribution in [2.75, 3.05) is 23.4 Å². The average molecular weight is 464 g/mol. The van der Waals surface area contributed by atoms with Crippen molar-refractivity contribution >= 4 is 62.8 Å². The zero-order valence-corrected chi connectivity index (χ0v) is 17.6. The Morgan fingerprint density at radius 3 is 3.00 bits per heavy atom. The van der Waals surface area contributed by atoms with Gasteiger partial charge in [0.2, 0.25) is 11.0 Å². The van der Waals surface area contributed by atoms with E-state index in [1.807, 2.05) is 17.5 Å². The van der Waals surface area contributed by atoms with Crippen LogP contribution in [0, 0.1) is 10.1 Å². The number of nitro groups is 1. The highest BCUT2D eigenvalue weighted by molar-refractivity contribution is 8.00. The summed E-state index contributed by atoms with van der Waals surface area (Å²) in [6.07, 6.45) is 0. The molecule has 0 saturated carbocycles. The van der Waals surface area contributed by atoms with Crippen molar-refractivity contribution in [3.63, 3.8) is 0 Å². The molecule has 13 heteroatoms. The van der Waals surface area contributed by atoms with Crippen LogP contribution in [0.1, 0.15) is 4.88 Å². The van der Waals surface area contributed by atoms with Crippen molar-refractivity contribution in [3.05, 3.63) is 50.7 Å². The number of benzene rings is 1. The summed E-state index contributed by atoms with van der Waals surface area (Å²) in [7, 11) is 0. The molecule has 1 aliphatic heterocycles. The predicted octanol–water partition coefficient (Wildman–Crippen LogP) is 3.16. The highest BCUT2D eigenvalue weighted by Crippen LogP contribution is 2.35. The molecule has 3 heterocycles. The molecule has 3 aromatic rings. The zero-order chi connectivity index (χ0) is 21.1. The van der Waals surface area contributed by atoms with Crippen LogP contribution < -0.4 is 15.0 Å². The number of thiophene rings is 1. The van der Waals surface area contributed by atoms with Crippen molar-refractivity contribution in [2.45, 2.75) is 10.1 Å². The largest absolute Gasteiger partial charge is 0.482 e. The second kappa shape index (κ2) is 8.77. The van der Waals surface area contributed by atoms with Gasteiger partial charge in [-0.3, -0.25) is 29.9 Å². The van der Waals surface area contributed by atoms with Gasteiger partial charge >= 0.3 is 0 Å². The molecule has 2 amide bonds. The fourth-order valence-corrected chi connectivity index (χ4v) is 5.17. The van der Waals surface area contributed by atoms with Crippen molar-refractivity contribution in [1.82, 2.24) is 10.2 Å². The van der Waals surface area contributed by atoms with E-state index in [-0.39, 0.29) is 24.5 Å². The number of nitrogens with one attached hydrogen (secondary N) is 1. The van der Waals surface area contributed by atoms with Gasteiger partial charge in [0.15, 0.2) is 10.9 Å². The minimum absolute atomic E-state index is 0.181. The number of amides is 2. The normalized spacial score (nSPS) is 12.9. The molecule has 0 saturated heterocycles. The highest BCUT2D eigenvalue weighted by Gasteiger charge is 2.29. The molecule has 0 bridgehead atoms. The fourth-order valence-electron chi connectivity index (χ4n) is 2.63. The van der Waals surface area contributed by atoms with Crippen LogP contribution in [0.3, 0.4) is 0 Å². The lowest BCUT2D eigenvalue weighted by atomic mass is 10.2. The second-order valence-electron chi connectivity index (χ2n) is 5.97. The number of non-ortho nitro benzene ring substituents is 1. The SMILES string of the molecule is O=C(CN1C(=O)COc2ccc([N+](=O)[O-])cc21)Nc1nnc(SCc2cccs2)s1. The third-order valence-corrected chi connectivity index (χ3v) is 7.05. The number of anilines is 2. The van der Waals surface area contributed by atoms with Gasteiger partial charge in [-0.25, -0.2) is 0 Å². The number of carbonyl (C=O) groups excluding carboxylic acids is 2. The number of nitro benzene ring substituents is 1. The average Bonchev–Trinajstić information content (AvgIpc) is 3.40. The van der Waals surface area contributed by atoms with E-state index in [4.69, 9.17) is 4.74 Å². The van der Waals surface area contributed by atoms with Crippen LogP contribution >= 0.6 is 34.4 Å². The van der Waals surface area contributed by atoms with E-state index < -0.39 is 16.7 Å². The first-order chi connectivity index (χ1) is 14.5. The van der Waals surface area contributed by atoms with Crippen LogP contribution in [-0.2, 0) is 15.3 Å². The molecule has 1 aliphatic rings. The van der Waals surface area contributed by atoms with Crippen LogP contribution in [-0.4, -0.2) is 40.1 Å². The van der Waals surface area contributed by atoms with E-state index in [1.165, 1.54) is 46.2 Å². The summed E-state index contributed by atoms with van der Waals surface area (Å²) in [5.74, 6) is 0.102. The van der Waals surface area contributed by atoms with Crippen LogP contribution in [0.2, 0.25) is 0 Å². The Balaban J connectivity index is 1.41. The molecule has 4 rings (SSSR count). The summed E-state index contributed by atoms with van der Waals surface area (Å²) in [5, 5.41) is 24.0. The summed E-state index contributed by atoms with van der Waals surface area (Å²) >= 11 is 4.40. The smallest absolute Gasteiger partial charge is 0.271 e. The topological polar surface area (TPSA) is 128 Å². The number of rotatable bonds is 7. The summed E-state index contributed by atoms with van der Waals surface area (Å²) in [6, 6.07) is 7.91. The van der Waals surface area contributed by atoms with Gasteiger partial charge < -0.3 is 4.74 Å². The summed E-state index contributed by atoms with van der Waals surface area (Å²) in [6.45, 7) is -0.575. The van der Waals surface area contributed by atoms with Gasteiger partial charge in [-0.05, 0) is 17.5 Å². The first-order valence-corrected chi connectivity index (χ1v) is 11.2. The summed E-state index contributed by atoms with van der Waals surface area (Å²) in [5.41, 5.74) is -0.0194. The molecule has 1 aromatic carbocycles. The highest BCUT2D eigenvalue weighted by atomic mass is 32.2. The molecule has 0 spiro atoms. The van der Waals surface area contributed by atoms with Gasteiger partial charge in [-0.1, -0.05) is 29.2 Å². The molecule has 0 aliphatic carbocycles. The molecular weight excluding hydrogens is 450 g/mol. The third-order valence-electron chi connectivity index (χ3n) is 3.97. The lowest BCUT2D eigenvalue weighted by Gasteiger charge is -2.28. The van der Waals surface area contributed by atoms with Crippen molar-refractivity contribution in [2.24, 2.45) is 0 Å². The van der Waals surface area contributed by atoms with E-state index >= 15 is 0 Å². The Hall–Kier alpha value is -3.03. The van der Waals surface area contributed by atoms with Gasteiger partial charge in [0.1, 0.15) is 12.3 Å². The second-order valence-corrected chi connectivity index (χ2v) is 9.20. The lowest BCUT2D eigenvalue weighted by Crippen LogP contribution is -2.43. The van der Waals surface area contributed by atoms with Crippen LogP contribution in [0.25, 0.3) is 0 Å². The maximum absolute atomic E-state index is 12.5. The Morgan fingerprint density at radius 2 is 2.23 bits per heavy atom. The minimum Gasteiger partial charge on any atom is -0.482 e. The van der Waals surface area contributed by atoms with Crippen molar-refractivity contribution in [3.8, 4) is 5.75 Å². The Labute approximate surface area is 182 Å². The van der Waals surface area contributed by atoms with E-state index in [0.717, 1.165) is 10.7 Å². The first kappa shape index (κ1) is 20.3. The minimum atomic E-state index is -0.575. The molecule has 0 atom stereocenters. The zero-order valence-electron chi connectivity index (χ0n) is 15.1. The van der Waals surface area contributed by atoms with Gasteiger partial charge in [0.25, 0.3) is 11.6 Å². The molecule has 0 fully saturated rings. The van der Waals surface area contributed by atoms with Crippen molar-refractivity contribution < 1.29 is 19.2 Å². The van der Waals surface area contributed by atoms with E-state index in [2.05, 4.69) is 15.5 Å². The van der Waals surface area contributed by atoms with E-state index in [9.17, 15) is 19.7 Å². The summed E-state index contributed by atoms with van der Waals surface area (Å²) < 4.78 is 6.00. The molecule has 30 heavy (non-hydrogen) atoms. The number of fused-ring (bicyclic) bond motifs is 1. The Bertz CT molecular complexity index is 1100. The third kappa shape index (κ3) is 4.58. The van der Waals surface area contributed by atoms with Gasteiger partial charge in [-0.15, -0.1) is 21.5 Å². The number of thioether (sulfide) groups is 1. The molecule has 2 aromatic heterocycles. The lowest BCUT2D eigenvalue weighted by molar-refractivity contribution is -0.384. The number of carbonyl (C=O) groups is 2. The standard InChI is InChI=1S/C17H13N5O5S3/c23-14(18-16-19-20-17(30-16)29-9-11-2-1-5-28-11)7-21-12-6-10(22(25)26)3-4-13(12)27-8-15(21)24/h1-6H,7-9H2,(H,18,19,23). The Morgan fingerprint density at radius 1 is 1.37 bits per heavy atom. The van der Waals surface area contributed by atoms with Gasteiger partial charge in [0, 0.05) is 22.8 Å². The number of aromatic nitrogens is 2. The molecule has 0 radical (unpaired) electrons. The van der Waals surface area contributed by atoms with Gasteiger partial charge in [0.05, 0.1) is 10.6 Å². The van der Waals surface area contributed by atoms with Crippen LogP contribution in [0.15, 0.2) is 40.1 Å². The van der Waals surface area contributed by atoms with E-state index in [0.29, 0.717) is 15.2 Å². The van der Waals surface area contributed by atoms with Crippen LogP contribution in [0.5, 0.6) is 5.75 Å². The van der Waals surface area contributed by atoms with Crippen LogP contribution in [0.4, 0.5) is 16.5 Å². The number of hydrogen-bond donors (Lipinski definition) is 1. The van der Waals surface area contributed by atoms with Crippen molar-refractivity contribution in [1.29, 1.82) is 0 Å². The predicted molar refractivity (Wildman–Crippen MR) is 113 cm³/mol. The molecule has 10 nitrogen and oxygen atoms in total. The maximum atomic E-state index is 12.5. The maximum Gasteiger partial charge on any atom is 0.271 e. The number of hydrogen-bond acceptors (Lipinski definition) is 10. The molecular formula is C17H13N5O5S3. The summed E-state index contributed by atoms with van der Waals surface area (Å²) in [4.78, 5) is 37.5. The molecule has 1 N–H and O–H groups in total. The van der Waals surface area contributed by atoms with Gasteiger partial charge in [-0.2, -0.15) is 0 Å². The number of nitrogens with zero attached hydrogens (tertiary/aromatic N) is 4.